The highest BCUT2D eigenvalue weighted by atomic mass is 79.9. The van der Waals surface area contributed by atoms with Gasteiger partial charge in [-0.1, -0.05) is 23.7 Å². The minimum Gasteiger partial charge on any atom is -0.503 e. The van der Waals surface area contributed by atoms with Gasteiger partial charge in [0.25, 0.3) is 5.56 Å². The molecule has 7 nitrogen and oxygen atoms in total. The van der Waals surface area contributed by atoms with Crippen molar-refractivity contribution in [3.8, 4) is 23.1 Å². The van der Waals surface area contributed by atoms with Crippen molar-refractivity contribution in [2.24, 2.45) is 5.10 Å². The molecule has 0 bridgehead atoms. The van der Waals surface area contributed by atoms with Gasteiger partial charge in [0.1, 0.15) is 5.58 Å². The average Bonchev–Trinajstić information content (AvgIpc) is 3.24. The summed E-state index contributed by atoms with van der Waals surface area (Å²) in [5.41, 5.74) is 1.40. The van der Waals surface area contributed by atoms with Gasteiger partial charge in [-0.25, -0.2) is 4.98 Å². The number of halogens is 2. The number of phenolic OH excluding ortho intramolecular Hbond substituents is 1. The molecule has 2 aromatic heterocycles. The summed E-state index contributed by atoms with van der Waals surface area (Å²) in [6.45, 7) is 2.20. The van der Waals surface area contributed by atoms with Crippen LogP contribution >= 0.6 is 27.5 Å². The van der Waals surface area contributed by atoms with Crippen molar-refractivity contribution < 1.29 is 14.3 Å². The van der Waals surface area contributed by atoms with Crippen molar-refractivity contribution in [3.63, 3.8) is 0 Å². The number of hydrogen-bond donors (Lipinski definition) is 1. The Hall–Kier alpha value is -3.62. The predicted octanol–water partition coefficient (Wildman–Crippen LogP) is 6.21. The number of benzene rings is 3. The van der Waals surface area contributed by atoms with Crippen LogP contribution in [-0.4, -0.2) is 27.6 Å². The van der Waals surface area contributed by atoms with E-state index in [4.69, 9.17) is 20.8 Å². The van der Waals surface area contributed by atoms with Crippen molar-refractivity contribution in [1.29, 1.82) is 0 Å². The van der Waals surface area contributed by atoms with Crippen LogP contribution in [0.15, 0.2) is 79.4 Å². The Balaban J connectivity index is 1.70. The lowest BCUT2D eigenvalue weighted by molar-refractivity contribution is 0.317. The molecule has 5 rings (SSSR count). The van der Waals surface area contributed by atoms with Gasteiger partial charge >= 0.3 is 0 Å². The number of phenols is 1. The number of aromatic nitrogens is 2. The molecule has 0 spiro atoms. The summed E-state index contributed by atoms with van der Waals surface area (Å²) in [5.74, 6) is 0.913. The molecule has 0 amide bonds. The normalized spacial score (nSPS) is 11.6. The molecule has 0 atom stereocenters. The topological polar surface area (TPSA) is 89.9 Å². The van der Waals surface area contributed by atoms with Crippen molar-refractivity contribution in [3.05, 3.63) is 86.1 Å². The molecule has 0 fully saturated rings. The van der Waals surface area contributed by atoms with E-state index in [2.05, 4.69) is 26.0 Å². The molecule has 3 aromatic carbocycles. The smallest absolute Gasteiger partial charge is 0.282 e. The summed E-state index contributed by atoms with van der Waals surface area (Å²) in [6.07, 6.45) is 1.49. The Morgan fingerprint density at radius 3 is 2.85 bits per heavy atom. The van der Waals surface area contributed by atoms with E-state index in [-0.39, 0.29) is 17.1 Å². The summed E-state index contributed by atoms with van der Waals surface area (Å²) in [7, 11) is 0. The van der Waals surface area contributed by atoms with E-state index >= 15 is 0 Å². The number of rotatable bonds is 5. The molecule has 34 heavy (non-hydrogen) atoms. The summed E-state index contributed by atoms with van der Waals surface area (Å²) in [6, 6.07) is 17.4. The van der Waals surface area contributed by atoms with Gasteiger partial charge < -0.3 is 14.3 Å². The monoisotopic (exact) mass is 537 g/mol. The quantitative estimate of drug-likeness (QED) is 0.269. The van der Waals surface area contributed by atoms with Gasteiger partial charge in [0.05, 0.1) is 28.2 Å². The third-order valence-corrected chi connectivity index (χ3v) is 5.97. The minimum absolute atomic E-state index is 0.00911. The largest absolute Gasteiger partial charge is 0.503 e. The van der Waals surface area contributed by atoms with Gasteiger partial charge in [-0.3, -0.25) is 4.79 Å². The van der Waals surface area contributed by atoms with Crippen LogP contribution in [0, 0.1) is 0 Å². The van der Waals surface area contributed by atoms with Crippen LogP contribution in [0.2, 0.25) is 5.02 Å². The highest BCUT2D eigenvalue weighted by molar-refractivity contribution is 9.10. The van der Waals surface area contributed by atoms with Gasteiger partial charge in [-0.05, 0) is 76.9 Å². The summed E-state index contributed by atoms with van der Waals surface area (Å²) >= 11 is 9.44. The molecule has 1 N–H and O–H groups in total. The number of furan rings is 1. The zero-order valence-corrected chi connectivity index (χ0v) is 20.2. The molecule has 9 heteroatoms. The maximum Gasteiger partial charge on any atom is 0.282 e. The molecule has 0 aliphatic rings. The Labute approximate surface area is 207 Å². The predicted molar refractivity (Wildman–Crippen MR) is 136 cm³/mol. The highest BCUT2D eigenvalue weighted by Gasteiger charge is 2.17. The van der Waals surface area contributed by atoms with Crippen molar-refractivity contribution in [1.82, 2.24) is 9.66 Å². The molecule has 0 aliphatic heterocycles. The van der Waals surface area contributed by atoms with Crippen molar-refractivity contribution in [2.75, 3.05) is 6.61 Å². The van der Waals surface area contributed by atoms with Crippen LogP contribution in [0.1, 0.15) is 12.5 Å². The lowest BCUT2D eigenvalue weighted by atomic mass is 10.2. The van der Waals surface area contributed by atoms with Crippen molar-refractivity contribution in [2.45, 2.75) is 6.92 Å². The first-order valence-corrected chi connectivity index (χ1v) is 11.5. The second-order valence-corrected chi connectivity index (χ2v) is 8.68. The first-order valence-electron chi connectivity index (χ1n) is 10.4. The van der Waals surface area contributed by atoms with Crippen molar-refractivity contribution >= 4 is 55.6 Å². The van der Waals surface area contributed by atoms with Gasteiger partial charge in [0, 0.05) is 10.4 Å². The van der Waals surface area contributed by atoms with Crippen LogP contribution in [0.5, 0.6) is 11.5 Å². The SMILES string of the molecule is CCOc1cc(C=Nn2c(-c3cc4cc(Cl)ccc4o3)nc3ccccc3c2=O)cc(Br)c1O. The molecule has 2 heterocycles. The number of fused-ring (bicyclic) bond motifs is 2. The molecule has 0 saturated carbocycles. The van der Waals surface area contributed by atoms with E-state index in [1.807, 2.05) is 13.0 Å². The number of hydrogen-bond acceptors (Lipinski definition) is 6. The second kappa shape index (κ2) is 8.96. The van der Waals surface area contributed by atoms with Crippen LogP contribution in [-0.2, 0) is 0 Å². The fraction of sp³-hybridized carbons (Fsp3) is 0.0800. The molecule has 170 valence electrons. The fourth-order valence-electron chi connectivity index (χ4n) is 3.57. The molecular formula is C25H17BrClN3O4. The lowest BCUT2D eigenvalue weighted by Crippen LogP contribution is -2.20. The third kappa shape index (κ3) is 4.06. The summed E-state index contributed by atoms with van der Waals surface area (Å²) in [4.78, 5) is 18.0. The standard InChI is InChI=1S/C25H17BrClN3O4/c1-2-33-21-10-14(9-18(26)23(21)31)13-28-30-24(29-19-6-4-3-5-17(19)25(30)32)22-12-15-11-16(27)7-8-20(15)34-22/h3-13,31H,2H2,1H3. The maximum absolute atomic E-state index is 13.4. The molecule has 0 saturated heterocycles. The average molecular weight is 539 g/mol. The van der Waals surface area contributed by atoms with Crippen LogP contribution in [0.4, 0.5) is 0 Å². The van der Waals surface area contributed by atoms with Crippen LogP contribution in [0.25, 0.3) is 33.5 Å². The highest BCUT2D eigenvalue weighted by Crippen LogP contribution is 2.35. The number of ether oxygens (including phenoxy) is 1. The van der Waals surface area contributed by atoms with E-state index < -0.39 is 0 Å². The fourth-order valence-corrected chi connectivity index (χ4v) is 4.21. The molecule has 5 aromatic rings. The first kappa shape index (κ1) is 22.2. The molecule has 0 radical (unpaired) electrons. The van der Waals surface area contributed by atoms with Gasteiger partial charge in [0.15, 0.2) is 17.3 Å². The zero-order chi connectivity index (χ0) is 23.8. The van der Waals surface area contributed by atoms with E-state index in [0.29, 0.717) is 49.7 Å². The van der Waals surface area contributed by atoms with E-state index in [0.717, 1.165) is 5.39 Å². The number of aromatic hydroxyl groups is 1. The van der Waals surface area contributed by atoms with E-state index in [1.54, 1.807) is 54.6 Å². The molecular weight excluding hydrogens is 522 g/mol. The third-order valence-electron chi connectivity index (χ3n) is 5.13. The first-order chi connectivity index (χ1) is 16.4. The lowest BCUT2D eigenvalue weighted by Gasteiger charge is -2.09. The maximum atomic E-state index is 13.4. The zero-order valence-electron chi connectivity index (χ0n) is 17.8. The number of nitrogens with zero attached hydrogens (tertiary/aromatic N) is 3. The van der Waals surface area contributed by atoms with Gasteiger partial charge in [-0.15, -0.1) is 0 Å². The molecule has 0 unspecified atom stereocenters. The Kier molecular flexibility index (Phi) is 5.85. The Morgan fingerprint density at radius 2 is 2.03 bits per heavy atom. The van der Waals surface area contributed by atoms with Crippen LogP contribution in [0.3, 0.4) is 0 Å². The number of para-hydroxylation sites is 1. The second-order valence-electron chi connectivity index (χ2n) is 7.39. The Morgan fingerprint density at radius 1 is 1.21 bits per heavy atom. The summed E-state index contributed by atoms with van der Waals surface area (Å²) < 4.78 is 13.1. The molecule has 0 aliphatic carbocycles. The van der Waals surface area contributed by atoms with Crippen LogP contribution < -0.4 is 10.3 Å². The summed E-state index contributed by atoms with van der Waals surface area (Å²) in [5, 5.41) is 16.4. The van der Waals surface area contributed by atoms with E-state index in [1.165, 1.54) is 10.9 Å². The minimum atomic E-state index is -0.349. The van der Waals surface area contributed by atoms with Gasteiger partial charge in [0.2, 0.25) is 5.82 Å². The van der Waals surface area contributed by atoms with Gasteiger partial charge in [-0.2, -0.15) is 9.78 Å². The van der Waals surface area contributed by atoms with E-state index in [9.17, 15) is 9.90 Å². The Bertz CT molecular complexity index is 1640.